The number of nitrogen functional groups attached to an aromatic ring is 1. The Morgan fingerprint density at radius 3 is 2.73 bits per heavy atom. The number of hydrogen-bond acceptors (Lipinski definition) is 11. The third-order valence-corrected chi connectivity index (χ3v) is 5.74. The summed E-state index contributed by atoms with van der Waals surface area (Å²) < 4.78 is 7.67. The van der Waals surface area contributed by atoms with Gasteiger partial charge in [-0.25, -0.2) is 19.9 Å². The molecule has 12 heteroatoms. The molecule has 7 N–H and O–H groups in total. The molecular formula is C21H31N9O3. The molecule has 1 aliphatic rings. The van der Waals surface area contributed by atoms with E-state index in [1.165, 1.54) is 12.7 Å². The average Bonchev–Trinajstić information content (AvgIpc) is 3.38. The highest BCUT2D eigenvalue weighted by Gasteiger charge is 2.44. The van der Waals surface area contributed by atoms with Gasteiger partial charge in [0, 0.05) is 19.3 Å². The van der Waals surface area contributed by atoms with Crippen LogP contribution in [-0.2, 0) is 4.74 Å². The second-order valence-electron chi connectivity index (χ2n) is 8.07. The first-order valence-corrected chi connectivity index (χ1v) is 11.1. The van der Waals surface area contributed by atoms with Gasteiger partial charge in [-0.05, 0) is 44.6 Å². The molecule has 0 bridgehead atoms. The lowest BCUT2D eigenvalue weighted by Gasteiger charge is -2.26. The van der Waals surface area contributed by atoms with Gasteiger partial charge in [0.1, 0.15) is 36.0 Å². The van der Waals surface area contributed by atoms with Crippen LogP contribution >= 0.6 is 0 Å². The molecule has 4 rings (SSSR count). The minimum Gasteiger partial charge on any atom is -0.387 e. The summed E-state index contributed by atoms with van der Waals surface area (Å²) in [4.78, 5) is 18.8. The molecule has 178 valence electrons. The lowest BCUT2D eigenvalue weighted by atomic mass is 10.1. The summed E-state index contributed by atoms with van der Waals surface area (Å²) in [7, 11) is 0. The van der Waals surface area contributed by atoms with Gasteiger partial charge >= 0.3 is 0 Å². The zero-order chi connectivity index (χ0) is 23.2. The molecule has 4 heterocycles. The van der Waals surface area contributed by atoms with Crippen molar-refractivity contribution in [3.05, 3.63) is 37.1 Å². The van der Waals surface area contributed by atoms with Crippen molar-refractivity contribution in [3.63, 3.8) is 0 Å². The summed E-state index contributed by atoms with van der Waals surface area (Å²) in [6.45, 7) is 3.35. The maximum absolute atomic E-state index is 10.7. The third kappa shape index (κ3) is 5.37. The minimum atomic E-state index is -1.13. The molecule has 0 saturated carbocycles. The number of rotatable bonds is 11. The Morgan fingerprint density at radius 2 is 1.94 bits per heavy atom. The Labute approximate surface area is 191 Å². The predicted molar refractivity (Wildman–Crippen MR) is 123 cm³/mol. The van der Waals surface area contributed by atoms with E-state index in [-0.39, 0.29) is 5.82 Å². The van der Waals surface area contributed by atoms with Crippen LogP contribution < -0.4 is 16.8 Å². The lowest BCUT2D eigenvalue weighted by molar-refractivity contribution is -0.0441. The van der Waals surface area contributed by atoms with Gasteiger partial charge < -0.3 is 36.6 Å². The van der Waals surface area contributed by atoms with Crippen molar-refractivity contribution in [2.45, 2.75) is 37.4 Å². The molecule has 0 aromatic carbocycles. The molecule has 0 aliphatic carbocycles. The van der Waals surface area contributed by atoms with Crippen LogP contribution in [0.5, 0.6) is 0 Å². The largest absolute Gasteiger partial charge is 0.387 e. The van der Waals surface area contributed by atoms with E-state index in [0.717, 1.165) is 38.3 Å². The molecule has 12 nitrogen and oxygen atoms in total. The zero-order valence-electron chi connectivity index (χ0n) is 18.4. The van der Waals surface area contributed by atoms with Crippen molar-refractivity contribution in [1.82, 2.24) is 29.4 Å². The lowest BCUT2D eigenvalue weighted by Crippen LogP contribution is -2.41. The second-order valence-corrected chi connectivity index (χ2v) is 8.07. The van der Waals surface area contributed by atoms with E-state index in [2.05, 4.69) is 30.2 Å². The highest BCUT2D eigenvalue weighted by molar-refractivity contribution is 5.81. The van der Waals surface area contributed by atoms with Crippen LogP contribution in [0.2, 0.25) is 0 Å². The van der Waals surface area contributed by atoms with Crippen LogP contribution in [-0.4, -0.2) is 90.7 Å². The Kier molecular flexibility index (Phi) is 7.62. The van der Waals surface area contributed by atoms with Crippen molar-refractivity contribution in [3.8, 4) is 0 Å². The number of anilines is 2. The number of nitrogens with zero attached hydrogens (tertiary/aromatic N) is 6. The number of nitrogens with one attached hydrogen (secondary N) is 1. The Morgan fingerprint density at radius 1 is 1.09 bits per heavy atom. The molecule has 3 aromatic rings. The predicted octanol–water partition coefficient (Wildman–Crippen LogP) is -0.424. The number of pyridine rings is 1. The monoisotopic (exact) mass is 457 g/mol. The Bertz CT molecular complexity index is 1020. The topological polar surface area (TPSA) is 173 Å². The molecule has 1 aliphatic heterocycles. The molecule has 0 spiro atoms. The number of aliphatic hydroxyl groups is 2. The molecule has 3 aromatic heterocycles. The highest BCUT2D eigenvalue weighted by Crippen LogP contribution is 2.32. The van der Waals surface area contributed by atoms with Crippen molar-refractivity contribution in [2.24, 2.45) is 5.73 Å². The van der Waals surface area contributed by atoms with Crippen LogP contribution in [0, 0.1) is 0 Å². The molecule has 1 fully saturated rings. The van der Waals surface area contributed by atoms with Crippen molar-refractivity contribution in [2.75, 3.05) is 43.8 Å². The third-order valence-electron chi connectivity index (χ3n) is 5.74. The summed E-state index contributed by atoms with van der Waals surface area (Å²) in [5.74, 6) is 1.08. The fraction of sp³-hybridized carbons (Fsp3) is 0.524. The summed E-state index contributed by atoms with van der Waals surface area (Å²) in [6, 6.07) is 5.74. The van der Waals surface area contributed by atoms with E-state index in [4.69, 9.17) is 16.2 Å². The summed E-state index contributed by atoms with van der Waals surface area (Å²) in [6.07, 6.45) is 2.68. The first-order valence-electron chi connectivity index (χ1n) is 11.1. The zero-order valence-corrected chi connectivity index (χ0v) is 18.4. The van der Waals surface area contributed by atoms with Gasteiger partial charge in [-0.3, -0.25) is 4.57 Å². The standard InChI is InChI=1S/C21H31N9O3/c22-6-3-9-29(10-4-8-25-15-5-1-2-7-24-15)11-14-17(31)18(32)21(33-14)30-13-28-16-19(23)26-12-27-20(16)30/h1-2,5,7,12-14,17-18,21,31-32H,3-4,6,8-11,22H2,(H,24,25)(H2,23,26,27)/t14-,17-,18-,21-/m1/s1. The smallest absolute Gasteiger partial charge is 0.167 e. The van der Waals surface area contributed by atoms with Crippen LogP contribution in [0.25, 0.3) is 11.2 Å². The van der Waals surface area contributed by atoms with Gasteiger partial charge in [0.15, 0.2) is 17.7 Å². The molecule has 33 heavy (non-hydrogen) atoms. The van der Waals surface area contributed by atoms with Crippen LogP contribution in [0.4, 0.5) is 11.6 Å². The van der Waals surface area contributed by atoms with Gasteiger partial charge in [0.25, 0.3) is 0 Å². The van der Waals surface area contributed by atoms with E-state index in [9.17, 15) is 10.2 Å². The Hall–Kier alpha value is -2.90. The quantitative estimate of drug-likeness (QED) is 0.236. The SMILES string of the molecule is NCCCN(CCCNc1ccccn1)C[C@H]1O[C@@H](n2cnc3c(N)ncnc32)[C@H](O)[C@@H]1O. The number of hydrogen-bond donors (Lipinski definition) is 5. The number of fused-ring (bicyclic) bond motifs is 1. The van der Waals surface area contributed by atoms with Crippen molar-refractivity contribution >= 4 is 22.8 Å². The van der Waals surface area contributed by atoms with Gasteiger partial charge in [0.05, 0.1) is 6.33 Å². The molecular weight excluding hydrogens is 426 g/mol. The fourth-order valence-electron chi connectivity index (χ4n) is 4.02. The first-order chi connectivity index (χ1) is 16.1. The van der Waals surface area contributed by atoms with E-state index in [0.29, 0.717) is 24.3 Å². The van der Waals surface area contributed by atoms with Crippen LogP contribution in [0.15, 0.2) is 37.1 Å². The van der Waals surface area contributed by atoms with Gasteiger partial charge in [-0.15, -0.1) is 0 Å². The van der Waals surface area contributed by atoms with E-state index >= 15 is 0 Å². The number of imidazole rings is 1. The van der Waals surface area contributed by atoms with E-state index in [1.807, 2.05) is 18.2 Å². The van der Waals surface area contributed by atoms with Crippen LogP contribution in [0.1, 0.15) is 19.1 Å². The Balaban J connectivity index is 1.37. The van der Waals surface area contributed by atoms with Gasteiger partial charge in [-0.1, -0.05) is 6.07 Å². The normalized spacial score (nSPS) is 22.9. The van der Waals surface area contributed by atoms with Crippen LogP contribution in [0.3, 0.4) is 0 Å². The van der Waals surface area contributed by atoms with Gasteiger partial charge in [0.2, 0.25) is 0 Å². The maximum Gasteiger partial charge on any atom is 0.167 e. The van der Waals surface area contributed by atoms with E-state index < -0.39 is 24.5 Å². The van der Waals surface area contributed by atoms with Crippen molar-refractivity contribution < 1.29 is 14.9 Å². The average molecular weight is 458 g/mol. The first kappa shape index (κ1) is 23.3. The molecule has 0 radical (unpaired) electrons. The fourth-order valence-corrected chi connectivity index (χ4v) is 4.02. The molecule has 4 atom stereocenters. The highest BCUT2D eigenvalue weighted by atomic mass is 16.6. The number of nitrogens with two attached hydrogens (primary N) is 2. The summed E-state index contributed by atoms with van der Waals surface area (Å²) >= 11 is 0. The molecule has 0 unspecified atom stereocenters. The number of ether oxygens (including phenoxy) is 1. The van der Waals surface area contributed by atoms with E-state index in [1.54, 1.807) is 10.8 Å². The number of aliphatic hydroxyl groups excluding tert-OH is 2. The molecule has 1 saturated heterocycles. The van der Waals surface area contributed by atoms with Crippen molar-refractivity contribution in [1.29, 1.82) is 0 Å². The minimum absolute atomic E-state index is 0.246. The summed E-state index contributed by atoms with van der Waals surface area (Å²) in [5, 5.41) is 24.7. The summed E-state index contributed by atoms with van der Waals surface area (Å²) in [5.41, 5.74) is 12.4. The second kappa shape index (κ2) is 10.8. The molecule has 0 amide bonds. The number of aromatic nitrogens is 5. The maximum atomic E-state index is 10.7. The van der Waals surface area contributed by atoms with Gasteiger partial charge in [-0.2, -0.15) is 0 Å².